The van der Waals surface area contributed by atoms with Gasteiger partial charge in [0.1, 0.15) is 18.0 Å². The van der Waals surface area contributed by atoms with Crippen LogP contribution in [0.1, 0.15) is 37.0 Å². The molecule has 5 rings (SSSR count). The first-order valence-corrected chi connectivity index (χ1v) is 9.92. The Kier molecular flexibility index (Phi) is 4.58. The van der Waals surface area contributed by atoms with Crippen molar-refractivity contribution in [3.63, 3.8) is 0 Å². The minimum absolute atomic E-state index is 0.0227. The number of anilines is 1. The number of hydrogen-bond donors (Lipinski definition) is 2. The average Bonchev–Trinajstić information content (AvgIpc) is 3.47. The number of aromatic nitrogens is 8. The summed E-state index contributed by atoms with van der Waals surface area (Å²) in [4.78, 5) is 22.4. The van der Waals surface area contributed by atoms with Crippen molar-refractivity contribution in [1.29, 1.82) is 0 Å². The highest BCUT2D eigenvalue weighted by Gasteiger charge is 2.30. The number of aryl methyl sites for hydroxylation is 3. The summed E-state index contributed by atoms with van der Waals surface area (Å²) in [5, 5.41) is 15.0. The predicted molar refractivity (Wildman–Crippen MR) is 109 cm³/mol. The van der Waals surface area contributed by atoms with Crippen LogP contribution in [0.15, 0.2) is 23.1 Å². The molecule has 11 nitrogen and oxygen atoms in total. The van der Waals surface area contributed by atoms with E-state index in [0.29, 0.717) is 17.6 Å². The molecular weight excluding hydrogens is 384 g/mol. The van der Waals surface area contributed by atoms with Gasteiger partial charge in [-0.2, -0.15) is 0 Å². The van der Waals surface area contributed by atoms with Crippen LogP contribution in [0.2, 0.25) is 0 Å². The van der Waals surface area contributed by atoms with Crippen LogP contribution in [0, 0.1) is 13.8 Å². The number of imidazole rings is 1. The van der Waals surface area contributed by atoms with Gasteiger partial charge in [-0.05, 0) is 20.3 Å². The first-order valence-electron chi connectivity index (χ1n) is 9.92. The van der Waals surface area contributed by atoms with E-state index in [1.165, 1.54) is 0 Å². The van der Waals surface area contributed by atoms with Crippen molar-refractivity contribution in [3.8, 4) is 11.4 Å². The summed E-state index contributed by atoms with van der Waals surface area (Å²) in [7, 11) is 0. The van der Waals surface area contributed by atoms with Crippen molar-refractivity contribution in [2.75, 3.05) is 11.9 Å². The number of fused-ring (bicyclic) bond motifs is 1. The summed E-state index contributed by atoms with van der Waals surface area (Å²) in [6, 6.07) is 0.174. The van der Waals surface area contributed by atoms with Crippen molar-refractivity contribution in [3.05, 3.63) is 36.3 Å². The quantitative estimate of drug-likeness (QED) is 0.505. The summed E-state index contributed by atoms with van der Waals surface area (Å²) in [5.41, 5.74) is 2.35. The van der Waals surface area contributed by atoms with Crippen molar-refractivity contribution < 1.29 is 4.42 Å². The highest BCUT2D eigenvalue weighted by molar-refractivity contribution is 5.86. The first-order chi connectivity index (χ1) is 14.6. The van der Waals surface area contributed by atoms with E-state index in [-0.39, 0.29) is 12.1 Å². The lowest BCUT2D eigenvalue weighted by atomic mass is 10.1. The van der Waals surface area contributed by atoms with Crippen LogP contribution in [0.5, 0.6) is 0 Å². The van der Waals surface area contributed by atoms with E-state index in [1.54, 1.807) is 25.6 Å². The number of rotatable bonds is 5. The Bertz CT molecular complexity index is 1180. The number of nitrogens with zero attached hydrogens (tertiary/aromatic N) is 8. The van der Waals surface area contributed by atoms with Gasteiger partial charge in [0.05, 0.1) is 11.6 Å². The highest BCUT2D eigenvalue weighted by Crippen LogP contribution is 2.29. The van der Waals surface area contributed by atoms with Gasteiger partial charge in [-0.3, -0.25) is 0 Å². The molecule has 0 spiro atoms. The van der Waals surface area contributed by atoms with Crippen LogP contribution in [0.3, 0.4) is 0 Å². The van der Waals surface area contributed by atoms with Gasteiger partial charge in [-0.1, -0.05) is 0 Å². The Morgan fingerprint density at radius 2 is 2.00 bits per heavy atom. The number of nitrogens with one attached hydrogen (secondary N) is 2. The third-order valence-corrected chi connectivity index (χ3v) is 5.20. The summed E-state index contributed by atoms with van der Waals surface area (Å²) < 4.78 is 7.61. The number of hydrogen-bond acceptors (Lipinski definition) is 10. The Balaban J connectivity index is 1.44. The molecule has 0 aliphatic carbocycles. The van der Waals surface area contributed by atoms with E-state index in [4.69, 9.17) is 9.40 Å². The molecule has 154 valence electrons. The Morgan fingerprint density at radius 3 is 2.73 bits per heavy atom. The molecule has 5 heterocycles. The van der Waals surface area contributed by atoms with Crippen LogP contribution in [-0.4, -0.2) is 52.3 Å². The summed E-state index contributed by atoms with van der Waals surface area (Å²) >= 11 is 0. The molecule has 1 fully saturated rings. The molecule has 2 atom stereocenters. The Hall–Kier alpha value is -3.47. The van der Waals surface area contributed by atoms with E-state index < -0.39 is 0 Å². The van der Waals surface area contributed by atoms with Gasteiger partial charge < -0.3 is 19.6 Å². The van der Waals surface area contributed by atoms with Gasteiger partial charge in [0.25, 0.3) is 0 Å². The van der Waals surface area contributed by atoms with E-state index in [0.717, 1.165) is 47.9 Å². The minimum atomic E-state index is 0.0227. The molecule has 1 aliphatic heterocycles. The third kappa shape index (κ3) is 3.26. The maximum absolute atomic E-state index is 5.56. The zero-order valence-corrected chi connectivity index (χ0v) is 17.0. The molecule has 1 saturated heterocycles. The van der Waals surface area contributed by atoms with Crippen molar-refractivity contribution in [2.24, 2.45) is 0 Å². The molecule has 2 N–H and O–H groups in total. The molecule has 11 heteroatoms. The fourth-order valence-electron chi connectivity index (χ4n) is 3.75. The molecule has 4 aromatic heterocycles. The summed E-state index contributed by atoms with van der Waals surface area (Å²) in [5.74, 6) is 3.38. The molecule has 0 bridgehead atoms. The molecular formula is C19H22N10O. The van der Waals surface area contributed by atoms with Crippen LogP contribution in [0.4, 0.5) is 5.82 Å². The molecule has 4 aromatic rings. The monoisotopic (exact) mass is 406 g/mol. The zero-order valence-electron chi connectivity index (χ0n) is 17.0. The Morgan fingerprint density at radius 1 is 1.17 bits per heavy atom. The van der Waals surface area contributed by atoms with Gasteiger partial charge in [-0.25, -0.2) is 24.9 Å². The van der Waals surface area contributed by atoms with E-state index in [2.05, 4.69) is 47.7 Å². The van der Waals surface area contributed by atoms with Crippen LogP contribution in [0.25, 0.3) is 22.6 Å². The second-order valence-corrected chi connectivity index (χ2v) is 7.29. The maximum atomic E-state index is 5.56. The lowest BCUT2D eigenvalue weighted by Crippen LogP contribution is -2.23. The topological polar surface area (TPSA) is 132 Å². The van der Waals surface area contributed by atoms with Crippen molar-refractivity contribution in [1.82, 2.24) is 45.0 Å². The van der Waals surface area contributed by atoms with Gasteiger partial charge in [-0.15, -0.1) is 10.2 Å². The lowest BCUT2D eigenvalue weighted by Gasteiger charge is -2.12. The lowest BCUT2D eigenvalue weighted by molar-refractivity contribution is 0.412. The van der Waals surface area contributed by atoms with Crippen LogP contribution >= 0.6 is 0 Å². The normalized spacial score (nSPS) is 18.9. The molecule has 0 radical (unpaired) electrons. The molecule has 30 heavy (non-hydrogen) atoms. The SMILES string of the molecule is CCn1c(-c2cnc(C)nc2)nc2c(NC3CNC(c4nnc(C)o4)C3)ncnc21. The van der Waals surface area contributed by atoms with Crippen molar-refractivity contribution >= 4 is 17.0 Å². The van der Waals surface area contributed by atoms with Crippen LogP contribution < -0.4 is 10.6 Å². The molecule has 0 saturated carbocycles. The maximum Gasteiger partial charge on any atom is 0.233 e. The summed E-state index contributed by atoms with van der Waals surface area (Å²) in [6.07, 6.45) is 5.94. The van der Waals surface area contributed by atoms with Gasteiger partial charge in [0.15, 0.2) is 17.0 Å². The molecule has 2 unspecified atom stereocenters. The Labute approximate surface area is 172 Å². The molecule has 0 amide bonds. The largest absolute Gasteiger partial charge is 0.424 e. The van der Waals surface area contributed by atoms with Gasteiger partial charge in [0.2, 0.25) is 11.8 Å². The van der Waals surface area contributed by atoms with E-state index >= 15 is 0 Å². The molecule has 1 aliphatic rings. The standard InChI is InChI=1S/C19H22N10O/c1-4-29-17(12-6-20-10(2)21-7-12)26-15-16(23-9-24-18(15)29)25-13-5-14(22-8-13)19-28-27-11(3)30-19/h6-7,9,13-14,22H,4-5,8H2,1-3H3,(H,23,24,25). The predicted octanol–water partition coefficient (Wildman–Crippen LogP) is 1.82. The minimum Gasteiger partial charge on any atom is -0.424 e. The highest BCUT2D eigenvalue weighted by atomic mass is 16.4. The summed E-state index contributed by atoms with van der Waals surface area (Å²) in [6.45, 7) is 7.19. The van der Waals surface area contributed by atoms with Gasteiger partial charge >= 0.3 is 0 Å². The van der Waals surface area contributed by atoms with E-state index in [1.807, 2.05) is 11.5 Å². The van der Waals surface area contributed by atoms with Crippen molar-refractivity contribution in [2.45, 2.75) is 45.8 Å². The second kappa shape index (κ2) is 7.41. The third-order valence-electron chi connectivity index (χ3n) is 5.20. The zero-order chi connectivity index (χ0) is 20.7. The van der Waals surface area contributed by atoms with Crippen LogP contribution in [-0.2, 0) is 6.54 Å². The molecule has 0 aromatic carbocycles. The fourth-order valence-corrected chi connectivity index (χ4v) is 3.75. The fraction of sp³-hybridized carbons (Fsp3) is 0.421. The average molecular weight is 406 g/mol. The van der Waals surface area contributed by atoms with Gasteiger partial charge in [0, 0.05) is 38.4 Å². The first kappa shape index (κ1) is 18.6. The van der Waals surface area contributed by atoms with E-state index in [9.17, 15) is 0 Å². The second-order valence-electron chi connectivity index (χ2n) is 7.29. The smallest absolute Gasteiger partial charge is 0.233 e.